The van der Waals surface area contributed by atoms with Crippen LogP contribution in [-0.4, -0.2) is 50.5 Å². The third-order valence-electron chi connectivity index (χ3n) is 6.29. The van der Waals surface area contributed by atoms with Crippen LogP contribution in [0.5, 0.6) is 0 Å². The van der Waals surface area contributed by atoms with E-state index in [-0.39, 0.29) is 39.6 Å². The Morgan fingerprint density at radius 2 is 1.56 bits per heavy atom. The van der Waals surface area contributed by atoms with Crippen molar-refractivity contribution in [2.75, 3.05) is 23.7 Å². The average Bonchev–Trinajstić information content (AvgIpc) is 2.92. The number of nitrogens with one attached hydrogen (secondary N) is 1. The number of anilines is 1. The number of rotatable bonds is 13. The number of hydrogen-bond donors (Lipinski definition) is 1. The van der Waals surface area contributed by atoms with Crippen LogP contribution in [0.1, 0.15) is 30.9 Å². The van der Waals surface area contributed by atoms with Gasteiger partial charge in [-0.1, -0.05) is 96.1 Å². The molecule has 0 aromatic heterocycles. The summed E-state index contributed by atoms with van der Waals surface area (Å²) in [6, 6.07) is 17.6. The summed E-state index contributed by atoms with van der Waals surface area (Å²) >= 11 is 24.8. The van der Waals surface area contributed by atoms with Crippen LogP contribution in [0.2, 0.25) is 20.1 Å². The van der Waals surface area contributed by atoms with Crippen molar-refractivity contribution in [3.05, 3.63) is 97.9 Å². The Kier molecular flexibility index (Phi) is 12.2. The fraction of sp³-hybridized carbons (Fsp3) is 0.310. The normalized spacial score (nSPS) is 12.0. The summed E-state index contributed by atoms with van der Waals surface area (Å²) in [4.78, 5) is 29.1. The Morgan fingerprint density at radius 1 is 0.878 bits per heavy atom. The molecule has 0 fully saturated rings. The molecule has 220 valence electrons. The lowest BCUT2D eigenvalue weighted by molar-refractivity contribution is -0.140. The molecule has 0 aliphatic heterocycles. The Hall–Kier alpha value is -2.49. The first kappa shape index (κ1) is 33.0. The highest BCUT2D eigenvalue weighted by Gasteiger charge is 2.33. The maximum absolute atomic E-state index is 14.1. The van der Waals surface area contributed by atoms with Gasteiger partial charge in [-0.2, -0.15) is 0 Å². The van der Waals surface area contributed by atoms with Crippen molar-refractivity contribution in [2.24, 2.45) is 0 Å². The fourth-order valence-electron chi connectivity index (χ4n) is 4.17. The predicted molar refractivity (Wildman–Crippen MR) is 168 cm³/mol. The SMILES string of the molecule is CCCCNC(=O)[C@H](Cc1ccccc1)N(Cc1ccc(Cl)c(Cl)c1)C(=O)CN(c1cc(Cl)ccc1Cl)S(C)(=O)=O. The van der Waals surface area contributed by atoms with Crippen molar-refractivity contribution in [3.8, 4) is 0 Å². The van der Waals surface area contributed by atoms with Gasteiger partial charge in [-0.25, -0.2) is 8.42 Å². The van der Waals surface area contributed by atoms with Crippen molar-refractivity contribution >= 4 is 73.9 Å². The molecule has 0 bridgehead atoms. The number of halogens is 4. The molecule has 0 saturated carbocycles. The Balaban J connectivity index is 2.08. The van der Waals surface area contributed by atoms with Crippen molar-refractivity contribution in [2.45, 2.75) is 38.8 Å². The molecule has 3 rings (SSSR count). The molecule has 0 aliphatic carbocycles. The number of amides is 2. The first-order valence-electron chi connectivity index (χ1n) is 12.9. The quantitative estimate of drug-likeness (QED) is 0.209. The van der Waals surface area contributed by atoms with Gasteiger partial charge in [0.1, 0.15) is 12.6 Å². The van der Waals surface area contributed by atoms with Gasteiger partial charge in [-0.3, -0.25) is 13.9 Å². The molecule has 41 heavy (non-hydrogen) atoms. The summed E-state index contributed by atoms with van der Waals surface area (Å²) in [5.74, 6) is -0.980. The molecule has 0 aliphatic rings. The van der Waals surface area contributed by atoms with E-state index in [1.807, 2.05) is 37.3 Å². The summed E-state index contributed by atoms with van der Waals surface area (Å²) in [5.41, 5.74) is 1.49. The lowest BCUT2D eigenvalue weighted by Crippen LogP contribution is -2.53. The molecule has 7 nitrogen and oxygen atoms in total. The number of sulfonamides is 1. The standard InChI is InChI=1S/C29H31Cl4N3O4S/c1-3-4-14-34-29(38)27(16-20-8-6-5-7-9-20)35(18-21-10-12-23(31)25(33)15-21)28(37)19-36(41(2,39)40)26-17-22(30)11-13-24(26)32/h5-13,15,17,27H,3-4,14,16,18-19H2,1-2H3,(H,34,38)/t27-/m0/s1. The van der Waals surface area contributed by atoms with Gasteiger partial charge in [-0.15, -0.1) is 0 Å². The van der Waals surface area contributed by atoms with E-state index in [9.17, 15) is 18.0 Å². The molecule has 0 unspecified atom stereocenters. The monoisotopic (exact) mass is 657 g/mol. The van der Waals surface area contributed by atoms with E-state index in [2.05, 4.69) is 5.32 Å². The van der Waals surface area contributed by atoms with Crippen LogP contribution in [0.4, 0.5) is 5.69 Å². The van der Waals surface area contributed by atoms with Gasteiger partial charge >= 0.3 is 0 Å². The minimum absolute atomic E-state index is 0.0324. The summed E-state index contributed by atoms with van der Waals surface area (Å²) < 4.78 is 26.7. The van der Waals surface area contributed by atoms with E-state index in [1.165, 1.54) is 23.1 Å². The van der Waals surface area contributed by atoms with Gasteiger partial charge < -0.3 is 10.2 Å². The topological polar surface area (TPSA) is 86.8 Å². The summed E-state index contributed by atoms with van der Waals surface area (Å²) in [7, 11) is -3.99. The molecule has 0 radical (unpaired) electrons. The highest BCUT2D eigenvalue weighted by Crippen LogP contribution is 2.31. The molecule has 3 aromatic carbocycles. The van der Waals surface area contributed by atoms with Crippen LogP contribution >= 0.6 is 46.4 Å². The van der Waals surface area contributed by atoms with Crippen LogP contribution in [-0.2, 0) is 32.6 Å². The van der Waals surface area contributed by atoms with Gasteiger partial charge in [0, 0.05) is 24.5 Å². The number of carbonyl (C=O) groups is 2. The third kappa shape index (κ3) is 9.51. The van der Waals surface area contributed by atoms with Gasteiger partial charge in [0.2, 0.25) is 21.8 Å². The molecule has 2 amide bonds. The second-order valence-electron chi connectivity index (χ2n) is 9.49. The number of hydrogen-bond acceptors (Lipinski definition) is 4. The number of benzene rings is 3. The summed E-state index contributed by atoms with van der Waals surface area (Å²) in [5, 5.41) is 3.89. The summed E-state index contributed by atoms with van der Waals surface area (Å²) in [6.07, 6.45) is 2.81. The molecule has 0 heterocycles. The zero-order valence-corrected chi connectivity index (χ0v) is 26.5. The molecule has 3 aromatic rings. The summed E-state index contributed by atoms with van der Waals surface area (Å²) in [6.45, 7) is 1.79. The smallest absolute Gasteiger partial charge is 0.244 e. The fourth-order valence-corrected chi connectivity index (χ4v) is 5.78. The first-order valence-corrected chi connectivity index (χ1v) is 16.2. The molecule has 0 spiro atoms. The van der Waals surface area contributed by atoms with Crippen LogP contribution in [0.3, 0.4) is 0 Å². The second-order valence-corrected chi connectivity index (χ2v) is 13.1. The minimum Gasteiger partial charge on any atom is -0.354 e. The molecule has 12 heteroatoms. The molecule has 0 saturated heterocycles. The highest BCUT2D eigenvalue weighted by atomic mass is 35.5. The Morgan fingerprint density at radius 3 is 2.20 bits per heavy atom. The van der Waals surface area contributed by atoms with Crippen LogP contribution in [0.25, 0.3) is 0 Å². The van der Waals surface area contributed by atoms with E-state index in [4.69, 9.17) is 46.4 Å². The van der Waals surface area contributed by atoms with Gasteiger partial charge in [-0.05, 0) is 47.9 Å². The van der Waals surface area contributed by atoms with Gasteiger partial charge in [0.25, 0.3) is 0 Å². The van der Waals surface area contributed by atoms with Crippen LogP contribution in [0, 0.1) is 0 Å². The lowest BCUT2D eigenvalue weighted by Gasteiger charge is -2.33. The van der Waals surface area contributed by atoms with E-state index in [0.29, 0.717) is 17.1 Å². The number of carbonyl (C=O) groups excluding carboxylic acids is 2. The zero-order chi connectivity index (χ0) is 30.2. The maximum atomic E-state index is 14.1. The van der Waals surface area contributed by atoms with Gasteiger partial charge in [0.05, 0.1) is 27.0 Å². The largest absolute Gasteiger partial charge is 0.354 e. The van der Waals surface area contributed by atoms with Crippen molar-refractivity contribution < 1.29 is 18.0 Å². The number of unbranched alkanes of at least 4 members (excludes halogenated alkanes) is 1. The maximum Gasteiger partial charge on any atom is 0.244 e. The van der Waals surface area contributed by atoms with Crippen molar-refractivity contribution in [3.63, 3.8) is 0 Å². The Labute approximate surface area is 261 Å². The molecular weight excluding hydrogens is 628 g/mol. The molecule has 1 N–H and O–H groups in total. The molecule has 1 atom stereocenters. The average molecular weight is 659 g/mol. The molecular formula is C29H31Cl4N3O4S. The minimum atomic E-state index is -3.99. The van der Waals surface area contributed by atoms with E-state index >= 15 is 0 Å². The van der Waals surface area contributed by atoms with Crippen LogP contribution < -0.4 is 9.62 Å². The second kappa shape index (κ2) is 15.1. The van der Waals surface area contributed by atoms with E-state index < -0.39 is 28.5 Å². The number of nitrogens with zero attached hydrogens (tertiary/aromatic N) is 2. The van der Waals surface area contributed by atoms with Crippen molar-refractivity contribution in [1.82, 2.24) is 10.2 Å². The zero-order valence-electron chi connectivity index (χ0n) is 22.6. The Bertz CT molecular complexity index is 1470. The third-order valence-corrected chi connectivity index (χ3v) is 8.71. The van der Waals surface area contributed by atoms with E-state index in [0.717, 1.165) is 29.0 Å². The van der Waals surface area contributed by atoms with Gasteiger partial charge in [0.15, 0.2) is 0 Å². The highest BCUT2D eigenvalue weighted by molar-refractivity contribution is 7.92. The van der Waals surface area contributed by atoms with Crippen LogP contribution in [0.15, 0.2) is 66.7 Å². The first-order chi connectivity index (χ1) is 19.4. The van der Waals surface area contributed by atoms with Crippen molar-refractivity contribution in [1.29, 1.82) is 0 Å². The predicted octanol–water partition coefficient (Wildman–Crippen LogP) is 6.62. The lowest BCUT2D eigenvalue weighted by atomic mass is 10.0. The van der Waals surface area contributed by atoms with E-state index in [1.54, 1.807) is 18.2 Å².